The smallest absolute Gasteiger partial charge is 0.407 e. The number of amides is 1. The van der Waals surface area contributed by atoms with Crippen molar-refractivity contribution in [1.29, 1.82) is 0 Å². The summed E-state index contributed by atoms with van der Waals surface area (Å²) in [5, 5.41) is 8.95. The predicted octanol–water partition coefficient (Wildman–Crippen LogP) is 2.30. The fraction of sp³-hybridized carbons (Fsp3) is 0.500. The SMILES string of the molecule is O=C(O)N1CCC(C2(c3ccccc3)CO2)CC1. The molecule has 18 heavy (non-hydrogen) atoms. The van der Waals surface area contributed by atoms with Crippen molar-refractivity contribution in [1.82, 2.24) is 4.90 Å². The van der Waals surface area contributed by atoms with Gasteiger partial charge in [0.1, 0.15) is 5.60 Å². The molecule has 1 aromatic carbocycles. The molecule has 0 aliphatic carbocycles. The number of rotatable bonds is 2. The van der Waals surface area contributed by atoms with Crippen LogP contribution in [0.5, 0.6) is 0 Å². The van der Waals surface area contributed by atoms with Gasteiger partial charge in [-0.3, -0.25) is 0 Å². The number of hydrogen-bond acceptors (Lipinski definition) is 2. The van der Waals surface area contributed by atoms with E-state index >= 15 is 0 Å². The number of nitrogens with zero attached hydrogens (tertiary/aromatic N) is 1. The monoisotopic (exact) mass is 247 g/mol. The Balaban J connectivity index is 1.72. The van der Waals surface area contributed by atoms with Gasteiger partial charge in [0.2, 0.25) is 0 Å². The highest BCUT2D eigenvalue weighted by atomic mass is 16.6. The van der Waals surface area contributed by atoms with E-state index < -0.39 is 6.09 Å². The largest absolute Gasteiger partial charge is 0.465 e. The second-order valence-electron chi connectivity index (χ2n) is 5.09. The van der Waals surface area contributed by atoms with E-state index in [0.29, 0.717) is 19.0 Å². The minimum atomic E-state index is -0.807. The van der Waals surface area contributed by atoms with Crippen LogP contribution >= 0.6 is 0 Å². The summed E-state index contributed by atoms with van der Waals surface area (Å²) < 4.78 is 5.75. The topological polar surface area (TPSA) is 53.1 Å². The maximum atomic E-state index is 10.9. The molecule has 96 valence electrons. The van der Waals surface area contributed by atoms with Gasteiger partial charge in [0, 0.05) is 13.1 Å². The number of ether oxygens (including phenoxy) is 1. The molecule has 2 heterocycles. The Hall–Kier alpha value is -1.55. The van der Waals surface area contributed by atoms with Crippen molar-refractivity contribution in [2.24, 2.45) is 5.92 Å². The third-order valence-electron chi connectivity index (χ3n) is 4.14. The molecule has 4 heteroatoms. The molecule has 3 rings (SSSR count). The zero-order chi connectivity index (χ0) is 12.6. The van der Waals surface area contributed by atoms with Gasteiger partial charge >= 0.3 is 6.09 Å². The van der Waals surface area contributed by atoms with E-state index in [9.17, 15) is 4.79 Å². The fourth-order valence-electron chi connectivity index (χ4n) is 2.97. The lowest BCUT2D eigenvalue weighted by atomic mass is 9.80. The van der Waals surface area contributed by atoms with Gasteiger partial charge in [0.25, 0.3) is 0 Å². The Kier molecular flexibility index (Phi) is 2.74. The quantitative estimate of drug-likeness (QED) is 0.816. The summed E-state index contributed by atoms with van der Waals surface area (Å²) in [5.74, 6) is 0.440. The van der Waals surface area contributed by atoms with E-state index in [0.717, 1.165) is 19.4 Å². The maximum absolute atomic E-state index is 10.9. The number of epoxide rings is 1. The molecule has 2 aliphatic rings. The summed E-state index contributed by atoms with van der Waals surface area (Å²) in [7, 11) is 0. The van der Waals surface area contributed by atoms with Crippen LogP contribution in [0, 0.1) is 5.92 Å². The van der Waals surface area contributed by atoms with E-state index in [1.54, 1.807) is 0 Å². The van der Waals surface area contributed by atoms with Crippen molar-refractivity contribution in [3.63, 3.8) is 0 Å². The number of benzene rings is 1. The molecule has 2 fully saturated rings. The number of likely N-dealkylation sites (tertiary alicyclic amines) is 1. The van der Waals surface area contributed by atoms with Crippen LogP contribution in [0.1, 0.15) is 18.4 Å². The number of carbonyl (C=O) groups is 1. The molecule has 1 atom stereocenters. The van der Waals surface area contributed by atoms with Gasteiger partial charge in [-0.1, -0.05) is 30.3 Å². The van der Waals surface area contributed by atoms with Crippen molar-refractivity contribution < 1.29 is 14.6 Å². The van der Waals surface area contributed by atoms with Crippen LogP contribution in [-0.2, 0) is 10.3 Å². The average molecular weight is 247 g/mol. The Bertz CT molecular complexity index is 434. The van der Waals surface area contributed by atoms with Gasteiger partial charge < -0.3 is 14.7 Å². The van der Waals surface area contributed by atoms with Crippen molar-refractivity contribution in [2.75, 3.05) is 19.7 Å². The van der Waals surface area contributed by atoms with Crippen molar-refractivity contribution >= 4 is 6.09 Å². The first kappa shape index (κ1) is 11.5. The Morgan fingerprint density at radius 1 is 1.28 bits per heavy atom. The lowest BCUT2D eigenvalue weighted by molar-refractivity contribution is 0.0988. The second-order valence-corrected chi connectivity index (χ2v) is 5.09. The van der Waals surface area contributed by atoms with Gasteiger partial charge in [-0.15, -0.1) is 0 Å². The normalized spacial score (nSPS) is 28.1. The summed E-state index contributed by atoms with van der Waals surface area (Å²) in [5.41, 5.74) is 1.10. The van der Waals surface area contributed by atoms with E-state index in [4.69, 9.17) is 9.84 Å². The summed E-state index contributed by atoms with van der Waals surface area (Å²) in [4.78, 5) is 12.4. The first-order valence-corrected chi connectivity index (χ1v) is 6.40. The van der Waals surface area contributed by atoms with E-state index in [-0.39, 0.29) is 5.60 Å². The zero-order valence-corrected chi connectivity index (χ0v) is 10.2. The summed E-state index contributed by atoms with van der Waals surface area (Å²) in [6.07, 6.45) is 0.974. The Morgan fingerprint density at radius 2 is 1.89 bits per heavy atom. The highest BCUT2D eigenvalue weighted by Gasteiger charge is 2.53. The minimum absolute atomic E-state index is 0.133. The lowest BCUT2D eigenvalue weighted by Gasteiger charge is -2.33. The molecule has 1 amide bonds. The number of carboxylic acid groups (broad SMARTS) is 1. The zero-order valence-electron chi connectivity index (χ0n) is 10.2. The molecule has 0 saturated carbocycles. The van der Waals surface area contributed by atoms with Crippen LogP contribution in [0.15, 0.2) is 30.3 Å². The Morgan fingerprint density at radius 3 is 2.39 bits per heavy atom. The van der Waals surface area contributed by atoms with Crippen molar-refractivity contribution in [3.05, 3.63) is 35.9 Å². The Labute approximate surface area is 106 Å². The predicted molar refractivity (Wildman–Crippen MR) is 66.4 cm³/mol. The fourth-order valence-corrected chi connectivity index (χ4v) is 2.97. The molecular formula is C14H17NO3. The van der Waals surface area contributed by atoms with Crippen molar-refractivity contribution in [2.45, 2.75) is 18.4 Å². The van der Waals surface area contributed by atoms with E-state index in [1.165, 1.54) is 10.5 Å². The molecule has 0 aromatic heterocycles. The van der Waals surface area contributed by atoms with Crippen LogP contribution in [-0.4, -0.2) is 35.8 Å². The molecule has 4 nitrogen and oxygen atoms in total. The van der Waals surface area contributed by atoms with Crippen molar-refractivity contribution in [3.8, 4) is 0 Å². The molecule has 1 N–H and O–H groups in total. The number of hydrogen-bond donors (Lipinski definition) is 1. The molecule has 0 spiro atoms. The van der Waals surface area contributed by atoms with Crippen LogP contribution < -0.4 is 0 Å². The van der Waals surface area contributed by atoms with Crippen LogP contribution in [0.3, 0.4) is 0 Å². The molecule has 0 radical (unpaired) electrons. The van der Waals surface area contributed by atoms with Gasteiger partial charge in [-0.2, -0.15) is 0 Å². The maximum Gasteiger partial charge on any atom is 0.407 e. The summed E-state index contributed by atoms with van der Waals surface area (Å²) >= 11 is 0. The third-order valence-corrected chi connectivity index (χ3v) is 4.14. The minimum Gasteiger partial charge on any atom is -0.465 e. The molecule has 2 saturated heterocycles. The first-order chi connectivity index (χ1) is 8.72. The van der Waals surface area contributed by atoms with E-state index in [2.05, 4.69) is 12.1 Å². The standard InChI is InChI=1S/C14H17NO3/c16-13(17)15-8-6-12(7-9-15)14(10-18-14)11-4-2-1-3-5-11/h1-5,12H,6-10H2,(H,16,17). The number of piperidine rings is 1. The molecule has 0 bridgehead atoms. The highest BCUT2D eigenvalue weighted by Crippen LogP contribution is 2.49. The molecule has 1 unspecified atom stereocenters. The summed E-state index contributed by atoms with van der Waals surface area (Å²) in [6, 6.07) is 10.3. The van der Waals surface area contributed by atoms with Crippen LogP contribution in [0.25, 0.3) is 0 Å². The molecule has 2 aliphatic heterocycles. The highest BCUT2D eigenvalue weighted by molar-refractivity contribution is 5.65. The third kappa shape index (κ3) is 1.86. The van der Waals surface area contributed by atoms with Gasteiger partial charge in [0.15, 0.2) is 0 Å². The summed E-state index contributed by atoms with van der Waals surface area (Å²) in [6.45, 7) is 2.02. The molecular weight excluding hydrogens is 230 g/mol. The van der Waals surface area contributed by atoms with Crippen LogP contribution in [0.2, 0.25) is 0 Å². The molecule has 1 aromatic rings. The first-order valence-electron chi connectivity index (χ1n) is 6.40. The average Bonchev–Trinajstić information content (AvgIpc) is 3.21. The lowest BCUT2D eigenvalue weighted by Crippen LogP contribution is -2.41. The van der Waals surface area contributed by atoms with Crippen LogP contribution in [0.4, 0.5) is 4.79 Å². The van der Waals surface area contributed by atoms with E-state index in [1.807, 2.05) is 18.2 Å². The van der Waals surface area contributed by atoms with Gasteiger partial charge in [-0.05, 0) is 24.3 Å². The van der Waals surface area contributed by atoms with Gasteiger partial charge in [0.05, 0.1) is 6.61 Å². The van der Waals surface area contributed by atoms with Gasteiger partial charge in [-0.25, -0.2) is 4.79 Å². The second kappa shape index (κ2) is 4.28.